The van der Waals surface area contributed by atoms with Crippen LogP contribution in [0.5, 0.6) is 0 Å². The molecule has 0 spiro atoms. The lowest BCUT2D eigenvalue weighted by Crippen LogP contribution is -2.18. The van der Waals surface area contributed by atoms with Crippen LogP contribution in [0.1, 0.15) is 16.3 Å². The van der Waals surface area contributed by atoms with Crippen LogP contribution in [0.4, 0.5) is 0 Å². The fraction of sp³-hybridized carbons (Fsp3) is 0.200. The molecule has 0 atom stereocenters. The third-order valence-corrected chi connectivity index (χ3v) is 5.34. The van der Waals surface area contributed by atoms with Gasteiger partial charge in [-0.3, -0.25) is 9.78 Å². The van der Waals surface area contributed by atoms with Crippen LogP contribution in [0.2, 0.25) is 0 Å². The van der Waals surface area contributed by atoms with Crippen molar-refractivity contribution in [3.05, 3.63) is 57.2 Å². The molecule has 0 aromatic carbocycles. The number of nitrogens with one attached hydrogen (secondary N) is 2. The third kappa shape index (κ3) is 4.15. The summed E-state index contributed by atoms with van der Waals surface area (Å²) in [5.41, 5.74) is 0.974. The molecule has 0 bridgehead atoms. The fourth-order valence-electron chi connectivity index (χ4n) is 2.03. The normalized spacial score (nSPS) is 10.8. The van der Waals surface area contributed by atoms with E-state index in [4.69, 9.17) is 12.2 Å². The molecule has 3 heterocycles. The summed E-state index contributed by atoms with van der Waals surface area (Å²) in [5.74, 6) is 1.17. The average molecular weight is 363 g/mol. The second-order valence-electron chi connectivity index (χ2n) is 4.88. The Kier molecular flexibility index (Phi) is 5.04. The quantitative estimate of drug-likeness (QED) is 0.695. The maximum absolute atomic E-state index is 12.0. The van der Waals surface area contributed by atoms with Crippen LogP contribution >= 0.6 is 35.3 Å². The molecule has 0 aliphatic heterocycles. The van der Waals surface area contributed by atoms with E-state index >= 15 is 0 Å². The SMILES string of the molecule is Cc1cc2c(=O)[nH]c(CSC(=S)NCc3cccnc3)nc2s1. The number of aromatic nitrogens is 3. The number of thioether (sulfide) groups is 1. The van der Waals surface area contributed by atoms with Gasteiger partial charge in [-0.05, 0) is 24.6 Å². The minimum absolute atomic E-state index is 0.0933. The smallest absolute Gasteiger partial charge is 0.259 e. The summed E-state index contributed by atoms with van der Waals surface area (Å²) in [6.45, 7) is 2.60. The number of aromatic amines is 1. The second-order valence-corrected chi connectivity index (χ2v) is 7.77. The van der Waals surface area contributed by atoms with E-state index in [1.54, 1.807) is 12.4 Å². The Morgan fingerprint density at radius 3 is 3.17 bits per heavy atom. The van der Waals surface area contributed by atoms with E-state index in [1.807, 2.05) is 25.1 Å². The summed E-state index contributed by atoms with van der Waals surface area (Å²) >= 11 is 8.27. The molecule has 2 N–H and O–H groups in total. The van der Waals surface area contributed by atoms with Crippen molar-refractivity contribution in [1.29, 1.82) is 0 Å². The van der Waals surface area contributed by atoms with Crippen LogP contribution < -0.4 is 10.9 Å². The number of H-pyrrole nitrogens is 1. The summed E-state index contributed by atoms with van der Waals surface area (Å²) < 4.78 is 0.666. The molecule has 3 aromatic rings. The van der Waals surface area contributed by atoms with Crippen molar-refractivity contribution in [3.8, 4) is 0 Å². The lowest BCUT2D eigenvalue weighted by molar-refractivity contribution is 0.929. The molecule has 0 saturated carbocycles. The predicted octanol–water partition coefficient (Wildman–Crippen LogP) is 3.00. The molecule has 3 rings (SSSR count). The molecule has 5 nitrogen and oxygen atoms in total. The molecule has 118 valence electrons. The Bertz CT molecular complexity index is 889. The van der Waals surface area contributed by atoms with E-state index in [-0.39, 0.29) is 5.56 Å². The highest BCUT2D eigenvalue weighted by atomic mass is 32.2. The van der Waals surface area contributed by atoms with Gasteiger partial charge in [-0.15, -0.1) is 11.3 Å². The zero-order valence-electron chi connectivity index (χ0n) is 12.3. The summed E-state index contributed by atoms with van der Waals surface area (Å²) in [7, 11) is 0. The molecular weight excluding hydrogens is 348 g/mol. The number of hydrogen-bond acceptors (Lipinski definition) is 6. The van der Waals surface area contributed by atoms with E-state index < -0.39 is 0 Å². The molecule has 8 heteroatoms. The van der Waals surface area contributed by atoms with Crippen LogP contribution in [0.15, 0.2) is 35.4 Å². The van der Waals surface area contributed by atoms with E-state index in [0.29, 0.717) is 27.8 Å². The minimum Gasteiger partial charge on any atom is -0.367 e. The minimum atomic E-state index is -0.0933. The molecule has 0 fully saturated rings. The number of nitrogens with zero attached hydrogens (tertiary/aromatic N) is 2. The molecule has 23 heavy (non-hydrogen) atoms. The van der Waals surface area contributed by atoms with Crippen LogP contribution in [-0.4, -0.2) is 19.3 Å². The van der Waals surface area contributed by atoms with Crippen LogP contribution in [0.25, 0.3) is 10.2 Å². The lowest BCUT2D eigenvalue weighted by atomic mass is 10.3. The number of rotatable bonds is 4. The van der Waals surface area contributed by atoms with Gasteiger partial charge in [-0.1, -0.05) is 30.0 Å². The number of pyridine rings is 1. The maximum Gasteiger partial charge on any atom is 0.259 e. The first-order chi connectivity index (χ1) is 11.1. The number of fused-ring (bicyclic) bond motifs is 1. The monoisotopic (exact) mass is 362 g/mol. The average Bonchev–Trinajstić information content (AvgIpc) is 2.93. The number of thiocarbonyl (C=S) groups is 1. The van der Waals surface area contributed by atoms with Crippen LogP contribution in [0, 0.1) is 6.92 Å². The van der Waals surface area contributed by atoms with Gasteiger partial charge >= 0.3 is 0 Å². The molecular formula is C15H14N4OS3. The first-order valence-corrected chi connectivity index (χ1v) is 9.12. The highest BCUT2D eigenvalue weighted by Gasteiger charge is 2.08. The van der Waals surface area contributed by atoms with Crippen molar-refractivity contribution in [1.82, 2.24) is 20.3 Å². The number of aryl methyl sites for hydroxylation is 1. The zero-order chi connectivity index (χ0) is 16.2. The topological polar surface area (TPSA) is 70.7 Å². The van der Waals surface area contributed by atoms with Crippen molar-refractivity contribution in [2.75, 3.05) is 0 Å². The molecule has 0 aliphatic carbocycles. The Morgan fingerprint density at radius 1 is 1.52 bits per heavy atom. The van der Waals surface area contributed by atoms with Crippen LogP contribution in [0.3, 0.4) is 0 Å². The largest absolute Gasteiger partial charge is 0.367 e. The van der Waals surface area contributed by atoms with Gasteiger partial charge in [-0.2, -0.15) is 0 Å². The van der Waals surface area contributed by atoms with Crippen molar-refractivity contribution in [2.45, 2.75) is 19.2 Å². The number of hydrogen-bond donors (Lipinski definition) is 2. The molecule has 0 amide bonds. The van der Waals surface area contributed by atoms with Crippen molar-refractivity contribution in [3.63, 3.8) is 0 Å². The first-order valence-electron chi connectivity index (χ1n) is 6.90. The molecule has 3 aromatic heterocycles. The molecule has 0 radical (unpaired) electrons. The first kappa shape index (κ1) is 16.1. The Balaban J connectivity index is 1.59. The molecule has 0 unspecified atom stereocenters. The third-order valence-electron chi connectivity index (χ3n) is 3.07. The number of thiophene rings is 1. The molecule has 0 saturated heterocycles. The Hall–Kier alpha value is -1.77. The van der Waals surface area contributed by atoms with Crippen molar-refractivity contribution >= 4 is 49.9 Å². The summed E-state index contributed by atoms with van der Waals surface area (Å²) in [4.78, 5) is 25.2. The Labute approximate surface area is 146 Å². The standard InChI is InChI=1S/C15H14N4OS3/c1-9-5-11-13(20)18-12(19-14(11)23-9)8-22-15(21)17-7-10-3-2-4-16-6-10/h2-6H,7-8H2,1H3,(H,17,21)(H,18,19,20). The molecule has 0 aliphatic rings. The Morgan fingerprint density at radius 2 is 2.39 bits per heavy atom. The highest BCUT2D eigenvalue weighted by Crippen LogP contribution is 2.20. The van der Waals surface area contributed by atoms with Gasteiger partial charge < -0.3 is 10.3 Å². The maximum atomic E-state index is 12.0. The van der Waals surface area contributed by atoms with Crippen molar-refractivity contribution in [2.24, 2.45) is 0 Å². The van der Waals surface area contributed by atoms with Gasteiger partial charge in [0.25, 0.3) is 5.56 Å². The van der Waals surface area contributed by atoms with Crippen molar-refractivity contribution < 1.29 is 0 Å². The van der Waals surface area contributed by atoms with Gasteiger partial charge in [0.05, 0.1) is 11.1 Å². The van der Waals surface area contributed by atoms with Gasteiger partial charge in [0, 0.05) is 23.8 Å². The predicted molar refractivity (Wildman–Crippen MR) is 99.9 cm³/mol. The van der Waals surface area contributed by atoms with Gasteiger partial charge in [0.1, 0.15) is 15.0 Å². The van der Waals surface area contributed by atoms with E-state index in [0.717, 1.165) is 15.3 Å². The summed E-state index contributed by atoms with van der Waals surface area (Å²) in [6.07, 6.45) is 3.54. The zero-order valence-corrected chi connectivity index (χ0v) is 14.8. The summed E-state index contributed by atoms with van der Waals surface area (Å²) in [6, 6.07) is 5.74. The lowest BCUT2D eigenvalue weighted by Gasteiger charge is -2.07. The van der Waals surface area contributed by atoms with Crippen LogP contribution in [-0.2, 0) is 12.3 Å². The van der Waals surface area contributed by atoms with Gasteiger partial charge in [-0.25, -0.2) is 4.98 Å². The van der Waals surface area contributed by atoms with Gasteiger partial charge in [0.2, 0.25) is 0 Å². The van der Waals surface area contributed by atoms with E-state index in [9.17, 15) is 4.79 Å². The fourth-order valence-corrected chi connectivity index (χ4v) is 3.75. The van der Waals surface area contributed by atoms with E-state index in [1.165, 1.54) is 23.1 Å². The van der Waals surface area contributed by atoms with E-state index in [2.05, 4.69) is 20.3 Å². The summed E-state index contributed by atoms with van der Waals surface area (Å²) in [5, 5.41) is 3.81. The van der Waals surface area contributed by atoms with Gasteiger partial charge in [0.15, 0.2) is 0 Å². The second kappa shape index (κ2) is 7.20. The highest BCUT2D eigenvalue weighted by molar-refractivity contribution is 8.22.